The Hall–Kier alpha value is -1.87. The van der Waals surface area contributed by atoms with Crippen molar-refractivity contribution in [3.8, 4) is 0 Å². The maximum Gasteiger partial charge on any atom is 0.408 e. The highest BCUT2D eigenvalue weighted by Crippen LogP contribution is 2.24. The molecule has 134 valence electrons. The number of hydrogen-bond acceptors (Lipinski definition) is 7. The van der Waals surface area contributed by atoms with E-state index >= 15 is 0 Å². The Morgan fingerprint density at radius 3 is 2.71 bits per heavy atom. The molecule has 2 N–H and O–H groups in total. The first kappa shape index (κ1) is 18.5. The highest BCUT2D eigenvalue weighted by atomic mass is 32.1. The molecule has 1 aliphatic heterocycles. The number of carbonyl (C=O) groups is 2. The summed E-state index contributed by atoms with van der Waals surface area (Å²) in [5.41, 5.74) is -0.679. The second-order valence-electron chi connectivity index (χ2n) is 6.45. The van der Waals surface area contributed by atoms with Gasteiger partial charge in [-0.2, -0.15) is 0 Å². The number of nitrogens with zero attached hydrogens (tertiary/aromatic N) is 2. The summed E-state index contributed by atoms with van der Waals surface area (Å²) in [5.74, 6) is -1.11. The molecular weight excluding hydrogens is 334 g/mol. The van der Waals surface area contributed by atoms with Crippen LogP contribution in [0.4, 0.5) is 9.93 Å². The number of aliphatic carboxylic acids is 1. The van der Waals surface area contributed by atoms with Gasteiger partial charge < -0.3 is 24.8 Å². The van der Waals surface area contributed by atoms with Crippen LogP contribution in [0, 0.1) is 0 Å². The van der Waals surface area contributed by atoms with Crippen molar-refractivity contribution in [2.24, 2.45) is 0 Å². The van der Waals surface area contributed by atoms with E-state index in [9.17, 15) is 14.7 Å². The minimum absolute atomic E-state index is 0.163. The highest BCUT2D eigenvalue weighted by molar-refractivity contribution is 7.15. The first-order valence-corrected chi connectivity index (χ1v) is 8.56. The SMILES string of the molecule is CC(C)(C)OC(=O)NC(Cc1cnc(N2CCOCC2)s1)C(=O)O. The third-order valence-corrected chi connectivity index (χ3v) is 4.30. The van der Waals surface area contributed by atoms with Gasteiger partial charge in [0.1, 0.15) is 11.6 Å². The van der Waals surface area contributed by atoms with Crippen molar-refractivity contribution in [2.45, 2.75) is 38.8 Å². The molecule has 0 aliphatic carbocycles. The van der Waals surface area contributed by atoms with Gasteiger partial charge in [-0.05, 0) is 20.8 Å². The molecule has 0 aromatic carbocycles. The van der Waals surface area contributed by atoms with Gasteiger partial charge in [-0.15, -0.1) is 11.3 Å². The smallest absolute Gasteiger partial charge is 0.408 e. The van der Waals surface area contributed by atoms with Crippen molar-refractivity contribution in [1.82, 2.24) is 10.3 Å². The lowest BCUT2D eigenvalue weighted by Crippen LogP contribution is -2.44. The fourth-order valence-corrected chi connectivity index (χ4v) is 3.15. The molecule has 24 heavy (non-hydrogen) atoms. The summed E-state index contributed by atoms with van der Waals surface area (Å²) in [6.45, 7) is 8.02. The maximum absolute atomic E-state index is 11.8. The predicted molar refractivity (Wildman–Crippen MR) is 89.6 cm³/mol. The van der Waals surface area contributed by atoms with Crippen molar-refractivity contribution in [3.05, 3.63) is 11.1 Å². The molecule has 2 heterocycles. The van der Waals surface area contributed by atoms with Crippen molar-refractivity contribution < 1.29 is 24.2 Å². The van der Waals surface area contributed by atoms with Gasteiger partial charge in [0.05, 0.1) is 13.2 Å². The molecule has 0 spiro atoms. The summed E-state index contributed by atoms with van der Waals surface area (Å²) in [6, 6.07) is -1.06. The zero-order valence-electron chi connectivity index (χ0n) is 14.1. The average molecular weight is 357 g/mol. The first-order chi connectivity index (χ1) is 11.2. The number of anilines is 1. The summed E-state index contributed by atoms with van der Waals surface area (Å²) in [5, 5.41) is 12.6. The van der Waals surface area contributed by atoms with Crippen LogP contribution in [-0.4, -0.2) is 60.1 Å². The lowest BCUT2D eigenvalue weighted by molar-refractivity contribution is -0.139. The molecule has 2 rings (SSSR count). The summed E-state index contributed by atoms with van der Waals surface area (Å²) >= 11 is 1.43. The number of carbonyl (C=O) groups excluding carboxylic acids is 1. The van der Waals surface area contributed by atoms with Crippen molar-refractivity contribution in [3.63, 3.8) is 0 Å². The van der Waals surface area contributed by atoms with E-state index in [0.29, 0.717) is 13.2 Å². The predicted octanol–water partition coefficient (Wildman–Crippen LogP) is 1.50. The van der Waals surface area contributed by atoms with Crippen LogP contribution >= 0.6 is 11.3 Å². The van der Waals surface area contributed by atoms with Crippen LogP contribution in [0.3, 0.4) is 0 Å². The number of rotatable bonds is 5. The second kappa shape index (κ2) is 7.80. The molecule has 1 aromatic rings. The summed E-state index contributed by atoms with van der Waals surface area (Å²) in [7, 11) is 0. The Morgan fingerprint density at radius 1 is 1.46 bits per heavy atom. The Kier molecular flexibility index (Phi) is 6.00. The maximum atomic E-state index is 11.8. The number of amides is 1. The minimum Gasteiger partial charge on any atom is -0.480 e. The van der Waals surface area contributed by atoms with Crippen molar-refractivity contribution in [1.29, 1.82) is 0 Å². The van der Waals surface area contributed by atoms with Crippen LogP contribution in [-0.2, 0) is 20.7 Å². The number of nitrogens with one attached hydrogen (secondary N) is 1. The number of aromatic nitrogens is 1. The van der Waals surface area contributed by atoms with Crippen molar-refractivity contribution in [2.75, 3.05) is 31.2 Å². The van der Waals surface area contributed by atoms with Crippen LogP contribution in [0.15, 0.2) is 6.20 Å². The molecular formula is C15H23N3O5S. The lowest BCUT2D eigenvalue weighted by atomic mass is 10.2. The Balaban J connectivity index is 1.96. The monoisotopic (exact) mass is 357 g/mol. The van der Waals surface area contributed by atoms with Gasteiger partial charge in [-0.1, -0.05) is 0 Å². The van der Waals surface area contributed by atoms with Gasteiger partial charge >= 0.3 is 12.1 Å². The van der Waals surface area contributed by atoms with E-state index in [2.05, 4.69) is 15.2 Å². The van der Waals surface area contributed by atoms with E-state index in [1.807, 2.05) is 0 Å². The fourth-order valence-electron chi connectivity index (χ4n) is 2.14. The van der Waals surface area contributed by atoms with Gasteiger partial charge in [-0.25, -0.2) is 14.6 Å². The molecule has 1 fully saturated rings. The van der Waals surface area contributed by atoms with E-state index in [1.54, 1.807) is 27.0 Å². The minimum atomic E-state index is -1.11. The van der Waals surface area contributed by atoms with E-state index in [0.717, 1.165) is 23.1 Å². The van der Waals surface area contributed by atoms with Gasteiger partial charge in [0.2, 0.25) is 0 Å². The number of carboxylic acid groups (broad SMARTS) is 1. The molecule has 0 saturated carbocycles. The average Bonchev–Trinajstić information content (AvgIpc) is 2.94. The number of thiazole rings is 1. The topological polar surface area (TPSA) is 101 Å². The van der Waals surface area contributed by atoms with Gasteiger partial charge in [0.15, 0.2) is 5.13 Å². The van der Waals surface area contributed by atoms with E-state index in [4.69, 9.17) is 9.47 Å². The van der Waals surface area contributed by atoms with Crippen LogP contribution in [0.1, 0.15) is 25.6 Å². The lowest BCUT2D eigenvalue weighted by Gasteiger charge is -2.26. The normalized spacial score (nSPS) is 16.5. The standard InChI is InChI=1S/C15H23N3O5S/c1-15(2,3)23-14(21)17-11(12(19)20)8-10-9-16-13(24-10)18-4-6-22-7-5-18/h9,11H,4-8H2,1-3H3,(H,17,21)(H,19,20). The molecule has 1 amide bonds. The molecule has 1 atom stereocenters. The number of ether oxygens (including phenoxy) is 2. The van der Waals surface area contributed by atoms with E-state index in [1.165, 1.54) is 11.3 Å². The zero-order valence-corrected chi connectivity index (χ0v) is 14.9. The number of hydrogen-bond donors (Lipinski definition) is 2. The molecule has 1 aliphatic rings. The number of morpholine rings is 1. The Morgan fingerprint density at radius 2 is 2.12 bits per heavy atom. The molecule has 9 heteroatoms. The Labute approximate surface area is 144 Å². The molecule has 1 unspecified atom stereocenters. The molecule has 0 bridgehead atoms. The molecule has 0 radical (unpaired) electrons. The number of alkyl carbamates (subject to hydrolysis) is 1. The molecule has 1 aromatic heterocycles. The Bertz CT molecular complexity index is 578. The van der Waals surface area contributed by atoms with Crippen LogP contribution in [0.5, 0.6) is 0 Å². The summed E-state index contributed by atoms with van der Waals surface area (Å²) < 4.78 is 10.4. The van der Waals surface area contributed by atoms with Gasteiger partial charge in [-0.3, -0.25) is 0 Å². The summed E-state index contributed by atoms with van der Waals surface area (Å²) in [4.78, 5) is 30.4. The second-order valence-corrected chi connectivity index (χ2v) is 7.54. The quantitative estimate of drug-likeness (QED) is 0.823. The van der Waals surface area contributed by atoms with E-state index in [-0.39, 0.29) is 6.42 Å². The van der Waals surface area contributed by atoms with Gasteiger partial charge in [0, 0.05) is 30.6 Å². The third kappa shape index (κ3) is 5.64. The zero-order chi connectivity index (χ0) is 17.7. The summed E-state index contributed by atoms with van der Waals surface area (Å²) in [6.07, 6.45) is 1.08. The number of carboxylic acids is 1. The molecule has 1 saturated heterocycles. The van der Waals surface area contributed by atoms with E-state index < -0.39 is 23.7 Å². The van der Waals surface area contributed by atoms with Crippen LogP contribution in [0.2, 0.25) is 0 Å². The van der Waals surface area contributed by atoms with Crippen LogP contribution in [0.25, 0.3) is 0 Å². The van der Waals surface area contributed by atoms with Crippen LogP contribution < -0.4 is 10.2 Å². The third-order valence-electron chi connectivity index (χ3n) is 3.22. The highest BCUT2D eigenvalue weighted by Gasteiger charge is 2.25. The largest absolute Gasteiger partial charge is 0.480 e. The first-order valence-electron chi connectivity index (χ1n) is 7.74. The van der Waals surface area contributed by atoms with Gasteiger partial charge in [0.25, 0.3) is 0 Å². The van der Waals surface area contributed by atoms with Crippen molar-refractivity contribution >= 4 is 28.5 Å². The fraction of sp³-hybridized carbons (Fsp3) is 0.667. The molecule has 8 nitrogen and oxygen atoms in total.